The standard InChI is InChI=1S/C12H18N2O3/c1-12(2,9-16)13-11(17)5-7-14-6-3-4-10(14)8-15/h3-4,6,8,16H,5,7,9H2,1-2H3,(H,13,17). The molecule has 0 bridgehead atoms. The van der Waals surface area contributed by atoms with E-state index in [1.807, 2.05) is 0 Å². The van der Waals surface area contributed by atoms with Crippen LogP contribution in [-0.2, 0) is 11.3 Å². The average molecular weight is 238 g/mol. The fourth-order valence-corrected chi connectivity index (χ4v) is 1.44. The van der Waals surface area contributed by atoms with Crippen molar-refractivity contribution in [2.24, 2.45) is 0 Å². The third-order valence-electron chi connectivity index (χ3n) is 2.44. The van der Waals surface area contributed by atoms with E-state index in [-0.39, 0.29) is 18.9 Å². The van der Waals surface area contributed by atoms with Crippen LogP contribution in [0.3, 0.4) is 0 Å². The first-order valence-corrected chi connectivity index (χ1v) is 5.51. The summed E-state index contributed by atoms with van der Waals surface area (Å²) in [5.41, 5.74) is -0.0550. The Morgan fingerprint density at radius 2 is 2.29 bits per heavy atom. The van der Waals surface area contributed by atoms with Gasteiger partial charge in [0.05, 0.1) is 17.8 Å². The molecule has 0 saturated carbocycles. The van der Waals surface area contributed by atoms with Gasteiger partial charge in [0, 0.05) is 19.2 Å². The minimum absolute atomic E-state index is 0.109. The van der Waals surface area contributed by atoms with Crippen molar-refractivity contribution in [1.29, 1.82) is 0 Å². The minimum atomic E-state index is -0.610. The molecule has 1 aromatic heterocycles. The van der Waals surface area contributed by atoms with E-state index in [1.54, 1.807) is 36.7 Å². The number of carbonyl (C=O) groups excluding carboxylic acids is 2. The van der Waals surface area contributed by atoms with Gasteiger partial charge in [0.1, 0.15) is 0 Å². The number of aldehydes is 1. The highest BCUT2D eigenvalue weighted by atomic mass is 16.3. The van der Waals surface area contributed by atoms with E-state index in [2.05, 4.69) is 5.32 Å². The average Bonchev–Trinajstić information content (AvgIpc) is 2.73. The molecule has 94 valence electrons. The number of nitrogens with zero attached hydrogens (tertiary/aromatic N) is 1. The zero-order chi connectivity index (χ0) is 12.9. The predicted octanol–water partition coefficient (Wildman–Crippen LogP) is 0.578. The summed E-state index contributed by atoms with van der Waals surface area (Å²) in [7, 11) is 0. The van der Waals surface area contributed by atoms with Gasteiger partial charge in [-0.1, -0.05) is 0 Å². The normalized spacial score (nSPS) is 11.2. The largest absolute Gasteiger partial charge is 0.394 e. The molecule has 0 aliphatic heterocycles. The van der Waals surface area contributed by atoms with E-state index in [1.165, 1.54) is 0 Å². The van der Waals surface area contributed by atoms with Gasteiger partial charge in [0.15, 0.2) is 6.29 Å². The van der Waals surface area contributed by atoms with Crippen molar-refractivity contribution in [2.75, 3.05) is 6.61 Å². The van der Waals surface area contributed by atoms with Gasteiger partial charge in [-0.2, -0.15) is 0 Å². The van der Waals surface area contributed by atoms with E-state index in [9.17, 15) is 9.59 Å². The second kappa shape index (κ2) is 5.63. The Bertz CT molecular complexity index is 396. The number of aliphatic hydroxyl groups excluding tert-OH is 1. The second-order valence-corrected chi connectivity index (χ2v) is 4.58. The Kier molecular flexibility index (Phi) is 4.45. The molecule has 5 heteroatoms. The maximum atomic E-state index is 11.6. The summed E-state index contributed by atoms with van der Waals surface area (Å²) in [5.74, 6) is -0.144. The van der Waals surface area contributed by atoms with Crippen LogP contribution in [0.15, 0.2) is 18.3 Å². The molecule has 0 fully saturated rings. The lowest BCUT2D eigenvalue weighted by Crippen LogP contribution is -2.46. The number of rotatable bonds is 6. The molecule has 0 aliphatic carbocycles. The molecule has 0 spiro atoms. The summed E-state index contributed by atoms with van der Waals surface area (Å²) in [5, 5.41) is 11.7. The fourth-order valence-electron chi connectivity index (χ4n) is 1.44. The Balaban J connectivity index is 2.46. The first-order chi connectivity index (χ1) is 7.98. The molecule has 0 atom stereocenters. The summed E-state index contributed by atoms with van der Waals surface area (Å²) in [4.78, 5) is 22.2. The van der Waals surface area contributed by atoms with Gasteiger partial charge in [0.25, 0.3) is 0 Å². The van der Waals surface area contributed by atoms with E-state index in [4.69, 9.17) is 5.11 Å². The molecule has 1 amide bonds. The van der Waals surface area contributed by atoms with Gasteiger partial charge < -0.3 is 15.0 Å². The number of nitrogens with one attached hydrogen (secondary N) is 1. The highest BCUT2D eigenvalue weighted by Crippen LogP contribution is 2.03. The summed E-state index contributed by atoms with van der Waals surface area (Å²) in [6.45, 7) is 3.84. The minimum Gasteiger partial charge on any atom is -0.394 e. The number of amides is 1. The zero-order valence-corrected chi connectivity index (χ0v) is 10.1. The third kappa shape index (κ3) is 4.03. The van der Waals surface area contributed by atoms with Crippen LogP contribution in [0.25, 0.3) is 0 Å². The van der Waals surface area contributed by atoms with E-state index >= 15 is 0 Å². The van der Waals surface area contributed by atoms with Crippen molar-refractivity contribution < 1.29 is 14.7 Å². The lowest BCUT2D eigenvalue weighted by molar-refractivity contribution is -0.123. The number of aromatic nitrogens is 1. The van der Waals surface area contributed by atoms with Gasteiger partial charge in [0.2, 0.25) is 5.91 Å². The molecule has 0 saturated heterocycles. The molecule has 0 radical (unpaired) electrons. The van der Waals surface area contributed by atoms with Crippen molar-refractivity contribution in [3.63, 3.8) is 0 Å². The summed E-state index contributed by atoms with van der Waals surface area (Å²) in [6, 6.07) is 3.46. The molecule has 17 heavy (non-hydrogen) atoms. The summed E-state index contributed by atoms with van der Waals surface area (Å²) in [6.07, 6.45) is 2.79. The fraction of sp³-hybridized carbons (Fsp3) is 0.500. The number of hydrogen-bond acceptors (Lipinski definition) is 3. The van der Waals surface area contributed by atoms with Crippen LogP contribution in [0.5, 0.6) is 0 Å². The SMILES string of the molecule is CC(C)(CO)NC(=O)CCn1cccc1C=O. The van der Waals surface area contributed by atoms with Crippen molar-refractivity contribution in [1.82, 2.24) is 9.88 Å². The first-order valence-electron chi connectivity index (χ1n) is 5.51. The zero-order valence-electron chi connectivity index (χ0n) is 10.1. The van der Waals surface area contributed by atoms with Crippen molar-refractivity contribution in [3.05, 3.63) is 24.0 Å². The maximum absolute atomic E-state index is 11.6. The number of aliphatic hydroxyl groups is 1. The third-order valence-corrected chi connectivity index (χ3v) is 2.44. The molecule has 0 aromatic carbocycles. The monoisotopic (exact) mass is 238 g/mol. The molecule has 5 nitrogen and oxygen atoms in total. The molecule has 0 unspecified atom stereocenters. The number of aryl methyl sites for hydroxylation is 1. The van der Waals surface area contributed by atoms with Gasteiger partial charge >= 0.3 is 0 Å². The number of hydrogen-bond donors (Lipinski definition) is 2. The van der Waals surface area contributed by atoms with Crippen LogP contribution in [-0.4, -0.2) is 34.0 Å². The lowest BCUT2D eigenvalue weighted by Gasteiger charge is -2.23. The van der Waals surface area contributed by atoms with Crippen LogP contribution in [0.4, 0.5) is 0 Å². The Labute approximate surface area is 100 Å². The highest BCUT2D eigenvalue weighted by Gasteiger charge is 2.18. The van der Waals surface area contributed by atoms with Crippen LogP contribution in [0, 0.1) is 0 Å². The lowest BCUT2D eigenvalue weighted by atomic mass is 10.1. The molecule has 2 N–H and O–H groups in total. The van der Waals surface area contributed by atoms with Crippen LogP contribution in [0.2, 0.25) is 0 Å². The Morgan fingerprint density at radius 3 is 2.88 bits per heavy atom. The van der Waals surface area contributed by atoms with Gasteiger partial charge in [-0.05, 0) is 26.0 Å². The van der Waals surface area contributed by atoms with Crippen LogP contribution in [0.1, 0.15) is 30.8 Å². The molecular weight excluding hydrogens is 220 g/mol. The Hall–Kier alpha value is -1.62. The molecule has 1 heterocycles. The van der Waals surface area contributed by atoms with Crippen molar-refractivity contribution in [3.8, 4) is 0 Å². The van der Waals surface area contributed by atoms with Crippen molar-refractivity contribution in [2.45, 2.75) is 32.4 Å². The van der Waals surface area contributed by atoms with Gasteiger partial charge in [-0.3, -0.25) is 9.59 Å². The summed E-state index contributed by atoms with van der Waals surface area (Å²) >= 11 is 0. The summed E-state index contributed by atoms with van der Waals surface area (Å²) < 4.78 is 1.72. The van der Waals surface area contributed by atoms with Gasteiger partial charge in [-0.15, -0.1) is 0 Å². The molecule has 1 aromatic rings. The van der Waals surface area contributed by atoms with Crippen LogP contribution < -0.4 is 5.32 Å². The molecular formula is C12H18N2O3. The van der Waals surface area contributed by atoms with Crippen LogP contribution >= 0.6 is 0 Å². The first kappa shape index (κ1) is 13.4. The smallest absolute Gasteiger partial charge is 0.222 e. The second-order valence-electron chi connectivity index (χ2n) is 4.58. The van der Waals surface area contributed by atoms with E-state index in [0.717, 1.165) is 6.29 Å². The molecule has 1 rings (SSSR count). The van der Waals surface area contributed by atoms with E-state index < -0.39 is 5.54 Å². The van der Waals surface area contributed by atoms with Crippen molar-refractivity contribution >= 4 is 12.2 Å². The van der Waals surface area contributed by atoms with E-state index in [0.29, 0.717) is 12.2 Å². The maximum Gasteiger partial charge on any atom is 0.222 e. The predicted molar refractivity (Wildman–Crippen MR) is 63.7 cm³/mol. The quantitative estimate of drug-likeness (QED) is 0.712. The topological polar surface area (TPSA) is 71.3 Å². The highest BCUT2D eigenvalue weighted by molar-refractivity contribution is 5.77. The Morgan fingerprint density at radius 1 is 1.59 bits per heavy atom. The number of carbonyl (C=O) groups is 2. The molecule has 0 aliphatic rings. The van der Waals surface area contributed by atoms with Gasteiger partial charge in [-0.25, -0.2) is 0 Å².